The molecule has 0 aliphatic carbocycles. The molecule has 0 radical (unpaired) electrons. The summed E-state index contributed by atoms with van der Waals surface area (Å²) in [6.07, 6.45) is 0. The van der Waals surface area contributed by atoms with Crippen LogP contribution in [0.2, 0.25) is 0 Å². The Balaban J connectivity index is 2.74. The second-order valence-electron chi connectivity index (χ2n) is 2.82. The fraction of sp³-hybridized carbons (Fsp3) is 0.222. The third kappa shape index (κ3) is 1.26. The SMILES string of the molecule is OCc1nc2ccccc2n1C(F)F. The first-order valence-electron chi connectivity index (χ1n) is 4.09. The highest BCUT2D eigenvalue weighted by atomic mass is 19.3. The maximum Gasteiger partial charge on any atom is 0.320 e. The van der Waals surface area contributed by atoms with Crippen molar-refractivity contribution >= 4 is 11.0 Å². The summed E-state index contributed by atoms with van der Waals surface area (Å²) in [6.45, 7) is -3.16. The molecule has 0 fully saturated rings. The van der Waals surface area contributed by atoms with Gasteiger partial charge >= 0.3 is 6.55 Å². The number of imidazole rings is 1. The molecule has 5 heteroatoms. The summed E-state index contributed by atoms with van der Waals surface area (Å²) >= 11 is 0. The summed E-state index contributed by atoms with van der Waals surface area (Å²) in [5.41, 5.74) is 0.809. The van der Waals surface area contributed by atoms with Crippen molar-refractivity contribution in [2.45, 2.75) is 13.2 Å². The van der Waals surface area contributed by atoms with Crippen molar-refractivity contribution in [2.75, 3.05) is 0 Å². The van der Waals surface area contributed by atoms with Gasteiger partial charge in [-0.1, -0.05) is 12.1 Å². The Bertz CT molecular complexity index is 453. The highest BCUT2D eigenvalue weighted by Crippen LogP contribution is 2.22. The van der Waals surface area contributed by atoms with E-state index < -0.39 is 13.2 Å². The summed E-state index contributed by atoms with van der Waals surface area (Å²) in [5.74, 6) is -0.0128. The average Bonchev–Trinajstić information content (AvgIpc) is 2.55. The molecule has 2 rings (SSSR count). The third-order valence-electron chi connectivity index (χ3n) is 2.01. The highest BCUT2D eigenvalue weighted by molar-refractivity contribution is 5.75. The van der Waals surface area contributed by atoms with Crippen LogP contribution in [0.15, 0.2) is 24.3 Å². The van der Waals surface area contributed by atoms with Gasteiger partial charge < -0.3 is 5.11 Å². The Labute approximate surface area is 78.6 Å². The summed E-state index contributed by atoms with van der Waals surface area (Å²) in [6, 6.07) is 6.55. The van der Waals surface area contributed by atoms with Gasteiger partial charge in [0.1, 0.15) is 12.4 Å². The largest absolute Gasteiger partial charge is 0.388 e. The van der Waals surface area contributed by atoms with E-state index in [1.807, 2.05) is 0 Å². The zero-order chi connectivity index (χ0) is 10.1. The van der Waals surface area contributed by atoms with Gasteiger partial charge in [0.05, 0.1) is 11.0 Å². The Morgan fingerprint density at radius 1 is 1.36 bits per heavy atom. The standard InChI is InChI=1S/C9H8F2N2O/c10-9(11)13-7-4-2-1-3-6(7)12-8(13)5-14/h1-4,9,14H,5H2. The maximum atomic E-state index is 12.6. The van der Waals surface area contributed by atoms with Crippen LogP contribution in [0, 0.1) is 0 Å². The van der Waals surface area contributed by atoms with Gasteiger partial charge in [0.15, 0.2) is 0 Å². The van der Waals surface area contributed by atoms with Crippen molar-refractivity contribution in [3.8, 4) is 0 Å². The molecule has 0 atom stereocenters. The molecule has 1 N–H and O–H groups in total. The topological polar surface area (TPSA) is 38.1 Å². The molecule has 0 unspecified atom stereocenters. The minimum absolute atomic E-state index is 0.0128. The molecule has 0 amide bonds. The number of alkyl halides is 2. The summed E-state index contributed by atoms with van der Waals surface area (Å²) in [7, 11) is 0. The van der Waals surface area contributed by atoms with E-state index in [2.05, 4.69) is 4.98 Å². The number of para-hydroxylation sites is 2. The van der Waals surface area contributed by atoms with Crippen molar-refractivity contribution in [3.05, 3.63) is 30.1 Å². The van der Waals surface area contributed by atoms with Gasteiger partial charge in [0.2, 0.25) is 0 Å². The lowest BCUT2D eigenvalue weighted by molar-refractivity contribution is 0.0666. The molecule has 74 valence electrons. The summed E-state index contributed by atoms with van der Waals surface area (Å²) < 4.78 is 25.9. The first-order chi connectivity index (χ1) is 6.74. The molecule has 0 aliphatic rings. The zero-order valence-electron chi connectivity index (χ0n) is 7.19. The number of rotatable bonds is 2. The number of aromatic nitrogens is 2. The van der Waals surface area contributed by atoms with E-state index in [1.54, 1.807) is 24.3 Å². The molecule has 2 aromatic rings. The van der Waals surface area contributed by atoms with E-state index in [0.29, 0.717) is 11.0 Å². The van der Waals surface area contributed by atoms with Crippen molar-refractivity contribution in [3.63, 3.8) is 0 Å². The van der Waals surface area contributed by atoms with Crippen molar-refractivity contribution in [1.29, 1.82) is 0 Å². The van der Waals surface area contributed by atoms with Crippen molar-refractivity contribution < 1.29 is 13.9 Å². The van der Waals surface area contributed by atoms with E-state index >= 15 is 0 Å². The summed E-state index contributed by atoms with van der Waals surface area (Å²) in [4.78, 5) is 3.89. The van der Waals surface area contributed by atoms with Gasteiger partial charge in [-0.25, -0.2) is 4.98 Å². The van der Waals surface area contributed by atoms with Crippen LogP contribution < -0.4 is 0 Å². The first-order valence-corrected chi connectivity index (χ1v) is 4.09. The van der Waals surface area contributed by atoms with E-state index in [0.717, 1.165) is 4.57 Å². The van der Waals surface area contributed by atoms with Crippen LogP contribution in [-0.4, -0.2) is 14.7 Å². The van der Waals surface area contributed by atoms with Gasteiger partial charge in [-0.05, 0) is 12.1 Å². The second-order valence-corrected chi connectivity index (χ2v) is 2.82. The van der Waals surface area contributed by atoms with Gasteiger partial charge in [0, 0.05) is 0 Å². The van der Waals surface area contributed by atoms with E-state index in [1.165, 1.54) is 0 Å². The second kappa shape index (κ2) is 3.34. The quantitative estimate of drug-likeness (QED) is 0.800. The minimum atomic E-state index is -2.68. The number of fused-ring (bicyclic) bond motifs is 1. The van der Waals surface area contributed by atoms with E-state index in [-0.39, 0.29) is 5.82 Å². The van der Waals surface area contributed by atoms with Crippen LogP contribution in [-0.2, 0) is 6.61 Å². The third-order valence-corrected chi connectivity index (χ3v) is 2.01. The number of hydrogen-bond acceptors (Lipinski definition) is 2. The molecular weight excluding hydrogens is 190 g/mol. The first kappa shape index (κ1) is 9.08. The Morgan fingerprint density at radius 2 is 2.07 bits per heavy atom. The molecule has 0 saturated carbocycles. The predicted octanol–water partition coefficient (Wildman–Crippen LogP) is 1.92. The van der Waals surface area contributed by atoms with Gasteiger partial charge in [-0.15, -0.1) is 0 Å². The number of hydrogen-bond donors (Lipinski definition) is 1. The number of aliphatic hydroxyl groups is 1. The minimum Gasteiger partial charge on any atom is -0.388 e. The predicted molar refractivity (Wildman–Crippen MR) is 46.9 cm³/mol. The number of halogens is 2. The normalized spacial score (nSPS) is 11.4. The molecule has 1 aromatic heterocycles. The fourth-order valence-electron chi connectivity index (χ4n) is 1.42. The molecule has 3 nitrogen and oxygen atoms in total. The highest BCUT2D eigenvalue weighted by Gasteiger charge is 2.15. The lowest BCUT2D eigenvalue weighted by atomic mass is 10.3. The zero-order valence-corrected chi connectivity index (χ0v) is 7.19. The van der Waals surface area contributed by atoms with Crippen LogP contribution in [0.3, 0.4) is 0 Å². The number of aliphatic hydroxyl groups excluding tert-OH is 1. The molecule has 0 saturated heterocycles. The Morgan fingerprint density at radius 3 is 2.71 bits per heavy atom. The Kier molecular flexibility index (Phi) is 2.17. The molecule has 0 bridgehead atoms. The molecule has 0 spiro atoms. The van der Waals surface area contributed by atoms with Crippen LogP contribution in [0.25, 0.3) is 11.0 Å². The average molecular weight is 198 g/mol. The van der Waals surface area contributed by atoms with Gasteiger partial charge in [-0.2, -0.15) is 8.78 Å². The molecule has 0 aliphatic heterocycles. The lowest BCUT2D eigenvalue weighted by Gasteiger charge is -2.04. The maximum absolute atomic E-state index is 12.6. The molecule has 14 heavy (non-hydrogen) atoms. The van der Waals surface area contributed by atoms with Crippen LogP contribution in [0.4, 0.5) is 8.78 Å². The molecular formula is C9H8F2N2O. The van der Waals surface area contributed by atoms with E-state index in [9.17, 15) is 8.78 Å². The summed E-state index contributed by atoms with van der Waals surface area (Å²) in [5, 5.41) is 8.85. The van der Waals surface area contributed by atoms with Crippen LogP contribution >= 0.6 is 0 Å². The number of benzene rings is 1. The monoisotopic (exact) mass is 198 g/mol. The lowest BCUT2D eigenvalue weighted by Crippen LogP contribution is -2.03. The van der Waals surface area contributed by atoms with Crippen molar-refractivity contribution in [1.82, 2.24) is 9.55 Å². The van der Waals surface area contributed by atoms with Gasteiger partial charge in [-0.3, -0.25) is 4.57 Å². The number of nitrogens with zero attached hydrogens (tertiary/aromatic N) is 2. The van der Waals surface area contributed by atoms with Crippen LogP contribution in [0.5, 0.6) is 0 Å². The Hall–Kier alpha value is -1.49. The smallest absolute Gasteiger partial charge is 0.320 e. The molecule has 1 aromatic carbocycles. The fourth-order valence-corrected chi connectivity index (χ4v) is 1.42. The van der Waals surface area contributed by atoms with Gasteiger partial charge in [0.25, 0.3) is 0 Å². The van der Waals surface area contributed by atoms with E-state index in [4.69, 9.17) is 5.11 Å². The van der Waals surface area contributed by atoms with Crippen molar-refractivity contribution in [2.24, 2.45) is 0 Å². The molecule has 1 heterocycles. The van der Waals surface area contributed by atoms with Crippen LogP contribution in [0.1, 0.15) is 12.4 Å².